The van der Waals surface area contributed by atoms with E-state index >= 15 is 0 Å². The maximum Gasteiger partial charge on any atom is 0.416 e. The topological polar surface area (TPSA) is 88.4 Å². The molecular formula is C23H23F7O6. The van der Waals surface area contributed by atoms with E-state index in [9.17, 15) is 46.1 Å². The molecule has 0 radical (unpaired) electrons. The Bertz CT molecular complexity index is 979. The van der Waals surface area contributed by atoms with Gasteiger partial charge in [0.1, 0.15) is 30.2 Å². The average Bonchev–Trinajstić information content (AvgIpc) is 2.80. The van der Waals surface area contributed by atoms with Crippen molar-refractivity contribution in [1.82, 2.24) is 0 Å². The molecule has 6 atom stereocenters. The van der Waals surface area contributed by atoms with Crippen LogP contribution in [0.25, 0.3) is 0 Å². The number of halogens is 7. The Labute approximate surface area is 200 Å². The van der Waals surface area contributed by atoms with Crippen molar-refractivity contribution in [3.8, 4) is 0 Å². The van der Waals surface area contributed by atoms with Gasteiger partial charge in [-0.1, -0.05) is 12.1 Å². The summed E-state index contributed by atoms with van der Waals surface area (Å²) in [7, 11) is 0. The molecule has 0 saturated carbocycles. The van der Waals surface area contributed by atoms with Crippen LogP contribution in [0.4, 0.5) is 30.7 Å². The van der Waals surface area contributed by atoms with E-state index in [2.05, 4.69) is 0 Å². The molecule has 0 bridgehead atoms. The van der Waals surface area contributed by atoms with E-state index in [1.807, 2.05) is 0 Å². The van der Waals surface area contributed by atoms with Gasteiger partial charge in [-0.2, -0.15) is 26.3 Å². The Kier molecular flexibility index (Phi) is 8.63. The molecule has 1 fully saturated rings. The molecule has 1 saturated heterocycles. The third-order valence-electron chi connectivity index (χ3n) is 5.60. The van der Waals surface area contributed by atoms with Crippen molar-refractivity contribution in [3.05, 3.63) is 70.5 Å². The fraction of sp³-hybridized carbons (Fsp3) is 0.478. The van der Waals surface area contributed by atoms with E-state index in [-0.39, 0.29) is 12.7 Å². The Morgan fingerprint density at radius 1 is 0.917 bits per heavy atom. The zero-order chi connectivity index (χ0) is 26.8. The molecule has 1 aliphatic heterocycles. The van der Waals surface area contributed by atoms with Gasteiger partial charge in [0.15, 0.2) is 6.29 Å². The lowest BCUT2D eigenvalue weighted by Gasteiger charge is -2.42. The molecule has 2 aromatic rings. The van der Waals surface area contributed by atoms with E-state index in [1.54, 1.807) is 0 Å². The highest BCUT2D eigenvalue weighted by Gasteiger charge is 2.46. The summed E-state index contributed by atoms with van der Waals surface area (Å²) >= 11 is 0. The molecule has 2 aromatic carbocycles. The summed E-state index contributed by atoms with van der Waals surface area (Å²) in [5, 5.41) is 30.1. The molecule has 3 N–H and O–H groups in total. The molecule has 1 heterocycles. The summed E-state index contributed by atoms with van der Waals surface area (Å²) in [6.45, 7) is 0.151. The van der Waals surface area contributed by atoms with Gasteiger partial charge < -0.3 is 29.5 Å². The lowest BCUT2D eigenvalue weighted by atomic mass is 9.98. The van der Waals surface area contributed by atoms with Gasteiger partial charge in [0.25, 0.3) is 0 Å². The van der Waals surface area contributed by atoms with Crippen LogP contribution in [0.5, 0.6) is 0 Å². The normalized spacial score (nSPS) is 26.1. The van der Waals surface area contributed by atoms with Gasteiger partial charge in [0.05, 0.1) is 30.4 Å². The van der Waals surface area contributed by atoms with Crippen LogP contribution in [-0.2, 0) is 33.2 Å². The van der Waals surface area contributed by atoms with Gasteiger partial charge in [-0.3, -0.25) is 0 Å². The predicted molar refractivity (Wildman–Crippen MR) is 109 cm³/mol. The van der Waals surface area contributed by atoms with Crippen LogP contribution < -0.4 is 0 Å². The van der Waals surface area contributed by atoms with E-state index in [0.29, 0.717) is 17.7 Å². The first-order valence-electron chi connectivity index (χ1n) is 10.6. The van der Waals surface area contributed by atoms with Crippen molar-refractivity contribution in [2.45, 2.75) is 62.7 Å². The Balaban J connectivity index is 1.87. The van der Waals surface area contributed by atoms with E-state index in [4.69, 9.17) is 14.2 Å². The molecule has 0 aromatic heterocycles. The van der Waals surface area contributed by atoms with E-state index in [1.165, 1.54) is 19.1 Å². The van der Waals surface area contributed by atoms with Gasteiger partial charge >= 0.3 is 12.4 Å². The molecule has 36 heavy (non-hydrogen) atoms. The van der Waals surface area contributed by atoms with Crippen molar-refractivity contribution < 1.29 is 60.3 Å². The number of hydrogen-bond acceptors (Lipinski definition) is 6. The molecular weight excluding hydrogens is 505 g/mol. The first-order chi connectivity index (χ1) is 16.7. The first kappa shape index (κ1) is 28.3. The van der Waals surface area contributed by atoms with Crippen molar-refractivity contribution in [1.29, 1.82) is 0 Å². The number of aliphatic hydroxyl groups is 3. The molecule has 0 unspecified atom stereocenters. The standard InChI is InChI=1S/C23H23F7O6/c1-11(13-6-14(22(25,26)27)8-15(7-13)23(28,29)30)35-21-20(19(33)18(32)17(9-31)36-21)34-10-12-2-4-16(24)5-3-12/h2-8,11,17-21,31-33H,9-10H2,1H3/t11-,17-,18+,19+,20-,21+/m1/s1. The monoisotopic (exact) mass is 528 g/mol. The maximum atomic E-state index is 13.2. The Morgan fingerprint density at radius 2 is 1.47 bits per heavy atom. The van der Waals surface area contributed by atoms with Crippen LogP contribution in [0.1, 0.15) is 35.3 Å². The SMILES string of the molecule is C[C@@H](O[C@H]1O[C@H](CO)[C@H](O)[C@H](O)[C@H]1OCc1ccc(F)cc1)c1cc(C(F)(F)F)cc(C(F)(F)F)c1. The lowest BCUT2D eigenvalue weighted by molar-refractivity contribution is -0.321. The van der Waals surface area contributed by atoms with Gasteiger partial charge in [-0.25, -0.2) is 4.39 Å². The summed E-state index contributed by atoms with van der Waals surface area (Å²) in [6.07, 6.45) is -19.4. The zero-order valence-electron chi connectivity index (χ0n) is 18.6. The predicted octanol–water partition coefficient (Wildman–Crippen LogP) is 3.97. The second kappa shape index (κ2) is 11.0. The smallest absolute Gasteiger partial charge is 0.394 e. The zero-order valence-corrected chi connectivity index (χ0v) is 18.6. The summed E-state index contributed by atoms with van der Waals surface area (Å²) in [6, 6.07) is 5.99. The number of rotatable bonds is 7. The van der Waals surface area contributed by atoms with Crippen LogP contribution in [-0.4, -0.2) is 52.6 Å². The lowest BCUT2D eigenvalue weighted by Crippen LogP contribution is -2.60. The molecule has 1 aliphatic rings. The second-order valence-corrected chi connectivity index (χ2v) is 8.23. The third kappa shape index (κ3) is 6.72. The van der Waals surface area contributed by atoms with Crippen molar-refractivity contribution in [2.24, 2.45) is 0 Å². The summed E-state index contributed by atoms with van der Waals surface area (Å²) in [5.41, 5.74) is -3.12. The largest absolute Gasteiger partial charge is 0.416 e. The van der Waals surface area contributed by atoms with Crippen LogP contribution in [0.15, 0.2) is 42.5 Å². The number of ether oxygens (including phenoxy) is 3. The minimum Gasteiger partial charge on any atom is -0.394 e. The minimum absolute atomic E-state index is 0.0240. The Hall–Kier alpha value is -2.29. The fourth-order valence-electron chi connectivity index (χ4n) is 3.61. The van der Waals surface area contributed by atoms with Crippen molar-refractivity contribution in [3.63, 3.8) is 0 Å². The van der Waals surface area contributed by atoms with Gasteiger partial charge in [-0.05, 0) is 48.4 Å². The summed E-state index contributed by atoms with van der Waals surface area (Å²) in [5.74, 6) is -0.518. The van der Waals surface area contributed by atoms with Crippen molar-refractivity contribution in [2.75, 3.05) is 6.61 Å². The highest BCUT2D eigenvalue weighted by molar-refractivity contribution is 5.34. The van der Waals surface area contributed by atoms with Crippen LogP contribution in [0.3, 0.4) is 0 Å². The van der Waals surface area contributed by atoms with Gasteiger partial charge in [0.2, 0.25) is 0 Å². The van der Waals surface area contributed by atoms with Gasteiger partial charge in [0, 0.05) is 0 Å². The number of hydrogen-bond donors (Lipinski definition) is 3. The van der Waals surface area contributed by atoms with Crippen molar-refractivity contribution >= 4 is 0 Å². The summed E-state index contributed by atoms with van der Waals surface area (Å²) < 4.78 is 109. The quantitative estimate of drug-likeness (QED) is 0.472. The molecule has 6 nitrogen and oxygen atoms in total. The molecule has 0 spiro atoms. The van der Waals surface area contributed by atoms with Crippen LogP contribution in [0, 0.1) is 5.82 Å². The molecule has 200 valence electrons. The van der Waals surface area contributed by atoms with Crippen LogP contribution >= 0.6 is 0 Å². The third-order valence-corrected chi connectivity index (χ3v) is 5.60. The minimum atomic E-state index is -5.07. The highest BCUT2D eigenvalue weighted by atomic mass is 19.4. The fourth-order valence-corrected chi connectivity index (χ4v) is 3.61. The number of benzene rings is 2. The molecule has 0 amide bonds. The molecule has 0 aliphatic carbocycles. The Morgan fingerprint density at radius 3 is 1.97 bits per heavy atom. The maximum absolute atomic E-state index is 13.2. The van der Waals surface area contributed by atoms with Crippen LogP contribution in [0.2, 0.25) is 0 Å². The average molecular weight is 528 g/mol. The second-order valence-electron chi connectivity index (χ2n) is 8.23. The van der Waals surface area contributed by atoms with E-state index < -0.39 is 78.3 Å². The first-order valence-corrected chi connectivity index (χ1v) is 10.6. The highest BCUT2D eigenvalue weighted by Crippen LogP contribution is 2.38. The molecule has 13 heteroatoms. The van der Waals surface area contributed by atoms with Gasteiger partial charge in [-0.15, -0.1) is 0 Å². The number of alkyl halides is 6. The number of aliphatic hydroxyl groups excluding tert-OH is 3. The summed E-state index contributed by atoms with van der Waals surface area (Å²) in [4.78, 5) is 0. The molecule has 3 rings (SSSR count). The van der Waals surface area contributed by atoms with E-state index in [0.717, 1.165) is 12.1 Å².